The van der Waals surface area contributed by atoms with E-state index in [1.165, 1.54) is 0 Å². The van der Waals surface area contributed by atoms with Crippen LogP contribution in [0.15, 0.2) is 0 Å². The van der Waals surface area contributed by atoms with Crippen molar-refractivity contribution in [1.82, 2.24) is 0 Å². The van der Waals surface area contributed by atoms with Crippen LogP contribution in [-0.2, 0) is 9.53 Å². The topological polar surface area (TPSA) is 72.6 Å². The van der Waals surface area contributed by atoms with Gasteiger partial charge >= 0.3 is 0 Å². The van der Waals surface area contributed by atoms with Crippen LogP contribution in [0.4, 0.5) is 0 Å². The summed E-state index contributed by atoms with van der Waals surface area (Å²) in [6, 6.07) is 0. The second-order valence-corrected chi connectivity index (χ2v) is 3.62. The fourth-order valence-electron chi connectivity index (χ4n) is 2.01. The van der Waals surface area contributed by atoms with Gasteiger partial charge in [0.15, 0.2) is 0 Å². The predicted octanol–water partition coefficient (Wildman–Crippen LogP) is -0.598. The quantitative estimate of drug-likeness (QED) is 0.553. The van der Waals surface area contributed by atoms with Gasteiger partial charge in [0, 0.05) is 6.61 Å². The van der Waals surface area contributed by atoms with E-state index in [4.69, 9.17) is 10.5 Å². The highest BCUT2D eigenvalue weighted by molar-refractivity contribution is 5.81. The third-order valence-electron chi connectivity index (χ3n) is 2.85. The van der Waals surface area contributed by atoms with E-state index in [1.54, 1.807) is 0 Å². The van der Waals surface area contributed by atoms with Crippen LogP contribution in [0.5, 0.6) is 0 Å². The van der Waals surface area contributed by atoms with Crippen LogP contribution < -0.4 is 5.73 Å². The molecule has 68 valence electrons. The summed E-state index contributed by atoms with van der Waals surface area (Å²) >= 11 is 0. The third-order valence-corrected chi connectivity index (χ3v) is 2.85. The van der Waals surface area contributed by atoms with E-state index in [0.29, 0.717) is 13.0 Å². The molecule has 0 aromatic heterocycles. The Morgan fingerprint density at radius 1 is 1.67 bits per heavy atom. The second-order valence-electron chi connectivity index (χ2n) is 3.62. The van der Waals surface area contributed by atoms with Gasteiger partial charge in [0.05, 0.1) is 12.0 Å². The zero-order valence-electron chi connectivity index (χ0n) is 6.82. The van der Waals surface area contributed by atoms with Crippen molar-refractivity contribution >= 4 is 5.91 Å². The third kappa shape index (κ3) is 0.949. The molecule has 1 amide bonds. The van der Waals surface area contributed by atoms with Crippen molar-refractivity contribution < 1.29 is 14.6 Å². The first-order valence-electron chi connectivity index (χ1n) is 4.28. The monoisotopic (exact) mass is 171 g/mol. The number of aliphatic hydroxyl groups is 1. The average molecular weight is 171 g/mol. The van der Waals surface area contributed by atoms with Gasteiger partial charge in [-0.05, 0) is 19.3 Å². The van der Waals surface area contributed by atoms with Gasteiger partial charge in [-0.2, -0.15) is 0 Å². The van der Waals surface area contributed by atoms with Crippen molar-refractivity contribution in [2.24, 2.45) is 11.7 Å². The first-order valence-corrected chi connectivity index (χ1v) is 4.28. The van der Waals surface area contributed by atoms with Crippen LogP contribution in [0, 0.1) is 5.92 Å². The average Bonchev–Trinajstić information content (AvgIpc) is 2.72. The van der Waals surface area contributed by atoms with Crippen molar-refractivity contribution in [2.75, 3.05) is 6.61 Å². The lowest BCUT2D eigenvalue weighted by atomic mass is 10.0. The Hall–Kier alpha value is -0.610. The minimum Gasteiger partial charge on any atom is -0.390 e. The van der Waals surface area contributed by atoms with E-state index in [1.807, 2.05) is 0 Å². The normalized spacial score (nSPS) is 46.1. The molecule has 12 heavy (non-hydrogen) atoms. The number of carbonyl (C=O) groups is 1. The van der Waals surface area contributed by atoms with E-state index < -0.39 is 11.7 Å². The van der Waals surface area contributed by atoms with Crippen LogP contribution in [-0.4, -0.2) is 29.3 Å². The highest BCUT2D eigenvalue weighted by Gasteiger charge is 2.64. The van der Waals surface area contributed by atoms with Crippen LogP contribution in [0.25, 0.3) is 0 Å². The lowest BCUT2D eigenvalue weighted by molar-refractivity contribution is -0.130. The molecule has 1 saturated heterocycles. The Morgan fingerprint density at radius 3 is 2.92 bits per heavy atom. The number of carbonyl (C=O) groups excluding carboxylic acids is 1. The SMILES string of the molecule is NC(=O)C1CC12OCCCC2O. The van der Waals surface area contributed by atoms with E-state index in [9.17, 15) is 9.90 Å². The Morgan fingerprint density at radius 2 is 2.42 bits per heavy atom. The Kier molecular flexibility index (Phi) is 1.63. The first kappa shape index (κ1) is 8.01. The first-order chi connectivity index (χ1) is 5.67. The van der Waals surface area contributed by atoms with E-state index in [-0.39, 0.29) is 11.8 Å². The second kappa shape index (κ2) is 2.44. The molecule has 4 heteroatoms. The fraction of sp³-hybridized carbons (Fsp3) is 0.875. The van der Waals surface area contributed by atoms with E-state index in [0.717, 1.165) is 12.8 Å². The maximum atomic E-state index is 10.8. The summed E-state index contributed by atoms with van der Waals surface area (Å²) in [4.78, 5) is 10.8. The molecule has 1 spiro atoms. The number of ether oxygens (including phenoxy) is 1. The lowest BCUT2D eigenvalue weighted by Crippen LogP contribution is -2.40. The fourth-order valence-corrected chi connectivity index (χ4v) is 2.01. The zero-order chi connectivity index (χ0) is 8.77. The van der Waals surface area contributed by atoms with Gasteiger partial charge in [-0.1, -0.05) is 0 Å². The summed E-state index contributed by atoms with van der Waals surface area (Å²) in [5.74, 6) is -0.608. The Labute approximate surface area is 70.7 Å². The lowest BCUT2D eigenvalue weighted by Gasteiger charge is -2.28. The molecule has 1 aliphatic carbocycles. The molecule has 2 fully saturated rings. The van der Waals surface area contributed by atoms with Gasteiger partial charge in [-0.25, -0.2) is 0 Å². The van der Waals surface area contributed by atoms with E-state index in [2.05, 4.69) is 0 Å². The smallest absolute Gasteiger partial charge is 0.223 e. The zero-order valence-corrected chi connectivity index (χ0v) is 6.82. The minimum absolute atomic E-state index is 0.257. The number of nitrogens with two attached hydrogens (primary N) is 1. The standard InChI is InChI=1S/C8H13NO3/c9-7(11)5-4-8(5)6(10)2-1-3-12-8/h5-6,10H,1-4H2,(H2,9,11). The molecular weight excluding hydrogens is 158 g/mol. The van der Waals surface area contributed by atoms with Gasteiger partial charge in [0.1, 0.15) is 5.60 Å². The number of aliphatic hydroxyl groups excluding tert-OH is 1. The summed E-state index contributed by atoms with van der Waals surface area (Å²) in [6.45, 7) is 0.640. The molecule has 0 radical (unpaired) electrons. The van der Waals surface area contributed by atoms with Crippen molar-refractivity contribution in [3.05, 3.63) is 0 Å². The summed E-state index contributed by atoms with van der Waals surface area (Å²) in [7, 11) is 0. The Balaban J connectivity index is 2.07. The molecule has 0 aromatic rings. The van der Waals surface area contributed by atoms with Crippen molar-refractivity contribution in [3.63, 3.8) is 0 Å². The predicted molar refractivity (Wildman–Crippen MR) is 41.2 cm³/mol. The van der Waals surface area contributed by atoms with Crippen molar-refractivity contribution in [3.8, 4) is 0 Å². The number of hydrogen-bond acceptors (Lipinski definition) is 3. The maximum Gasteiger partial charge on any atom is 0.223 e. The molecule has 3 N–H and O–H groups in total. The van der Waals surface area contributed by atoms with Crippen molar-refractivity contribution in [2.45, 2.75) is 31.0 Å². The van der Waals surface area contributed by atoms with Gasteiger partial charge in [-0.3, -0.25) is 4.79 Å². The molecule has 1 saturated carbocycles. The molecule has 2 aliphatic rings. The molecule has 2 rings (SSSR count). The number of amides is 1. The maximum absolute atomic E-state index is 10.8. The summed E-state index contributed by atoms with van der Waals surface area (Å²) in [5, 5.41) is 9.59. The van der Waals surface area contributed by atoms with Crippen molar-refractivity contribution in [1.29, 1.82) is 0 Å². The van der Waals surface area contributed by atoms with Gasteiger partial charge in [0.25, 0.3) is 0 Å². The molecular formula is C8H13NO3. The van der Waals surface area contributed by atoms with Crippen LogP contribution in [0.3, 0.4) is 0 Å². The summed E-state index contributed by atoms with van der Waals surface area (Å²) < 4.78 is 5.41. The highest BCUT2D eigenvalue weighted by Crippen LogP contribution is 2.52. The number of hydrogen-bond donors (Lipinski definition) is 2. The summed E-state index contributed by atoms with van der Waals surface area (Å²) in [6.07, 6.45) is 1.70. The van der Waals surface area contributed by atoms with Crippen LogP contribution >= 0.6 is 0 Å². The van der Waals surface area contributed by atoms with E-state index >= 15 is 0 Å². The van der Waals surface area contributed by atoms with Crippen LogP contribution in [0.2, 0.25) is 0 Å². The van der Waals surface area contributed by atoms with Gasteiger partial charge in [-0.15, -0.1) is 0 Å². The minimum atomic E-state index is -0.593. The molecule has 1 aliphatic heterocycles. The number of primary amides is 1. The highest BCUT2D eigenvalue weighted by atomic mass is 16.5. The summed E-state index contributed by atoms with van der Waals surface area (Å²) in [5.41, 5.74) is 4.54. The molecule has 0 bridgehead atoms. The largest absolute Gasteiger partial charge is 0.390 e. The molecule has 1 heterocycles. The molecule has 3 unspecified atom stereocenters. The number of rotatable bonds is 1. The van der Waals surface area contributed by atoms with Gasteiger partial charge < -0.3 is 15.6 Å². The van der Waals surface area contributed by atoms with Gasteiger partial charge in [0.2, 0.25) is 5.91 Å². The molecule has 3 atom stereocenters. The molecule has 4 nitrogen and oxygen atoms in total. The Bertz CT molecular complexity index is 218. The van der Waals surface area contributed by atoms with Crippen LogP contribution in [0.1, 0.15) is 19.3 Å². The molecule has 0 aromatic carbocycles.